The maximum atomic E-state index is 12.4. The Kier molecular flexibility index (Phi) is 5.99. The van der Waals surface area contributed by atoms with Gasteiger partial charge in [-0.2, -0.15) is 0 Å². The highest BCUT2D eigenvalue weighted by atomic mass is 35.5. The van der Waals surface area contributed by atoms with Crippen LogP contribution in [0.15, 0.2) is 65.7 Å². The summed E-state index contributed by atoms with van der Waals surface area (Å²) in [6.07, 6.45) is 2.18. The fraction of sp³-hybridized carbons (Fsp3) is 0.261. The SMILES string of the molecule is CC(C)(C)c1ccc(Cn2ccc(=O)c(C(O)c3c(Cl)cccc3Cl)c2)cc1. The van der Waals surface area contributed by atoms with Crippen LogP contribution in [0.2, 0.25) is 10.0 Å². The summed E-state index contributed by atoms with van der Waals surface area (Å²) in [5.74, 6) is 0. The van der Waals surface area contributed by atoms with Crippen LogP contribution in [0.1, 0.15) is 49.1 Å². The Hall–Kier alpha value is -2.07. The van der Waals surface area contributed by atoms with Gasteiger partial charge in [0.15, 0.2) is 5.43 Å². The van der Waals surface area contributed by atoms with Gasteiger partial charge in [-0.3, -0.25) is 4.79 Å². The second kappa shape index (κ2) is 8.12. The van der Waals surface area contributed by atoms with Crippen LogP contribution in [-0.2, 0) is 12.0 Å². The zero-order valence-electron chi connectivity index (χ0n) is 16.1. The highest BCUT2D eigenvalue weighted by Gasteiger charge is 2.20. The summed E-state index contributed by atoms with van der Waals surface area (Å²) >= 11 is 12.4. The average molecular weight is 416 g/mol. The van der Waals surface area contributed by atoms with Crippen molar-refractivity contribution < 1.29 is 5.11 Å². The van der Waals surface area contributed by atoms with Gasteiger partial charge in [-0.05, 0) is 28.7 Å². The van der Waals surface area contributed by atoms with Gasteiger partial charge in [-0.25, -0.2) is 0 Å². The first-order chi connectivity index (χ1) is 13.2. The largest absolute Gasteiger partial charge is 0.383 e. The quantitative estimate of drug-likeness (QED) is 0.603. The van der Waals surface area contributed by atoms with Crippen molar-refractivity contribution in [2.45, 2.75) is 38.8 Å². The van der Waals surface area contributed by atoms with Crippen molar-refractivity contribution >= 4 is 23.2 Å². The second-order valence-electron chi connectivity index (χ2n) is 7.92. The fourth-order valence-electron chi connectivity index (χ4n) is 3.10. The third-order valence-electron chi connectivity index (χ3n) is 4.76. The molecule has 0 bridgehead atoms. The molecule has 3 rings (SSSR count). The molecular weight excluding hydrogens is 393 g/mol. The van der Waals surface area contributed by atoms with Crippen molar-refractivity contribution in [3.05, 3.63) is 103 Å². The molecule has 0 aliphatic heterocycles. The minimum absolute atomic E-state index is 0.0986. The Morgan fingerprint density at radius 1 is 1.00 bits per heavy atom. The van der Waals surface area contributed by atoms with Gasteiger partial charge in [0.1, 0.15) is 6.10 Å². The van der Waals surface area contributed by atoms with E-state index < -0.39 is 6.10 Å². The predicted molar refractivity (Wildman–Crippen MR) is 115 cm³/mol. The lowest BCUT2D eigenvalue weighted by molar-refractivity contribution is 0.218. The summed E-state index contributed by atoms with van der Waals surface area (Å²) in [4.78, 5) is 12.4. The smallest absolute Gasteiger partial charge is 0.187 e. The van der Waals surface area contributed by atoms with Crippen molar-refractivity contribution in [1.82, 2.24) is 4.57 Å². The molecule has 28 heavy (non-hydrogen) atoms. The van der Waals surface area contributed by atoms with Crippen LogP contribution in [0.5, 0.6) is 0 Å². The van der Waals surface area contributed by atoms with Gasteiger partial charge in [0.25, 0.3) is 0 Å². The first-order valence-electron chi connectivity index (χ1n) is 9.08. The standard InChI is InChI=1S/C23H23Cl2NO2/c1-23(2,3)16-9-7-15(8-10-16)13-26-12-11-20(27)17(14-26)22(28)21-18(24)5-4-6-19(21)25/h4-12,14,22,28H,13H2,1-3H3. The van der Waals surface area contributed by atoms with E-state index in [1.807, 2.05) is 4.57 Å². The van der Waals surface area contributed by atoms with E-state index in [-0.39, 0.29) is 16.4 Å². The number of nitrogens with zero attached hydrogens (tertiary/aromatic N) is 1. The summed E-state index contributed by atoms with van der Waals surface area (Å²) in [6.45, 7) is 7.12. The molecule has 146 valence electrons. The number of halogens is 2. The number of aliphatic hydroxyl groups is 1. The van der Waals surface area contributed by atoms with Crippen LogP contribution in [0.3, 0.4) is 0 Å². The zero-order chi connectivity index (χ0) is 20.5. The molecule has 3 aromatic rings. The molecule has 2 aromatic carbocycles. The molecule has 0 saturated carbocycles. The van der Waals surface area contributed by atoms with Crippen molar-refractivity contribution in [1.29, 1.82) is 0 Å². The fourth-order valence-corrected chi connectivity index (χ4v) is 3.70. The molecule has 0 spiro atoms. The van der Waals surface area contributed by atoms with Crippen LogP contribution >= 0.6 is 23.2 Å². The molecule has 0 aliphatic rings. The predicted octanol–water partition coefficient (Wildman–Crippen LogP) is 5.58. The molecule has 3 nitrogen and oxygen atoms in total. The molecule has 0 amide bonds. The third kappa shape index (κ3) is 4.49. The Morgan fingerprint density at radius 3 is 2.18 bits per heavy atom. The van der Waals surface area contributed by atoms with Crippen molar-refractivity contribution in [3.63, 3.8) is 0 Å². The molecule has 0 radical (unpaired) electrons. The van der Waals surface area contributed by atoms with Crippen molar-refractivity contribution in [2.24, 2.45) is 0 Å². The summed E-state index contributed by atoms with van der Waals surface area (Å²) in [5, 5.41) is 11.4. The van der Waals surface area contributed by atoms with E-state index in [1.54, 1.807) is 30.6 Å². The molecule has 0 fully saturated rings. The molecule has 1 unspecified atom stereocenters. The van der Waals surface area contributed by atoms with E-state index in [0.29, 0.717) is 22.2 Å². The number of hydrogen-bond donors (Lipinski definition) is 1. The van der Waals surface area contributed by atoms with E-state index in [4.69, 9.17) is 23.2 Å². The van der Waals surface area contributed by atoms with Gasteiger partial charge in [0.2, 0.25) is 0 Å². The van der Waals surface area contributed by atoms with E-state index in [2.05, 4.69) is 45.0 Å². The monoisotopic (exact) mass is 415 g/mol. The van der Waals surface area contributed by atoms with E-state index >= 15 is 0 Å². The average Bonchev–Trinajstić information content (AvgIpc) is 2.63. The lowest BCUT2D eigenvalue weighted by Crippen LogP contribution is -2.17. The van der Waals surface area contributed by atoms with E-state index in [9.17, 15) is 9.90 Å². The van der Waals surface area contributed by atoms with Gasteiger partial charge in [0, 0.05) is 46.2 Å². The number of aliphatic hydroxyl groups excluding tert-OH is 1. The second-order valence-corrected chi connectivity index (χ2v) is 8.74. The van der Waals surface area contributed by atoms with Crippen LogP contribution in [0, 0.1) is 0 Å². The van der Waals surface area contributed by atoms with Gasteiger partial charge in [-0.1, -0.05) is 74.3 Å². The molecule has 1 N–H and O–H groups in total. The van der Waals surface area contributed by atoms with Gasteiger partial charge < -0.3 is 9.67 Å². The lowest BCUT2D eigenvalue weighted by Gasteiger charge is -2.19. The maximum Gasteiger partial charge on any atom is 0.187 e. The van der Waals surface area contributed by atoms with Crippen molar-refractivity contribution in [3.8, 4) is 0 Å². The minimum atomic E-state index is -1.19. The summed E-state index contributed by atoms with van der Waals surface area (Å²) < 4.78 is 1.87. The summed E-state index contributed by atoms with van der Waals surface area (Å²) in [6, 6.07) is 14.8. The maximum absolute atomic E-state index is 12.4. The number of hydrogen-bond acceptors (Lipinski definition) is 2. The number of pyridine rings is 1. The lowest BCUT2D eigenvalue weighted by atomic mass is 9.87. The topological polar surface area (TPSA) is 42.2 Å². The van der Waals surface area contributed by atoms with Crippen LogP contribution in [0.4, 0.5) is 0 Å². The van der Waals surface area contributed by atoms with Crippen LogP contribution in [0.25, 0.3) is 0 Å². The first kappa shape index (κ1) is 20.7. The zero-order valence-corrected chi connectivity index (χ0v) is 17.6. The van der Waals surface area contributed by atoms with Gasteiger partial charge >= 0.3 is 0 Å². The van der Waals surface area contributed by atoms with Crippen molar-refractivity contribution in [2.75, 3.05) is 0 Å². The normalized spacial score (nSPS) is 12.8. The first-order valence-corrected chi connectivity index (χ1v) is 9.84. The minimum Gasteiger partial charge on any atom is -0.383 e. The number of aromatic nitrogens is 1. The van der Waals surface area contributed by atoms with Gasteiger partial charge in [-0.15, -0.1) is 0 Å². The Bertz CT molecular complexity index is 1010. The Morgan fingerprint density at radius 2 is 1.61 bits per heavy atom. The van der Waals surface area contributed by atoms with E-state index in [0.717, 1.165) is 5.56 Å². The summed E-state index contributed by atoms with van der Waals surface area (Å²) in [7, 11) is 0. The molecular formula is C23H23Cl2NO2. The summed E-state index contributed by atoms with van der Waals surface area (Å²) in [5.41, 5.74) is 2.79. The molecule has 0 aliphatic carbocycles. The molecule has 1 heterocycles. The van der Waals surface area contributed by atoms with E-state index in [1.165, 1.54) is 11.6 Å². The molecule has 1 atom stereocenters. The third-order valence-corrected chi connectivity index (χ3v) is 5.42. The van der Waals surface area contributed by atoms with Crippen LogP contribution < -0.4 is 5.43 Å². The highest BCUT2D eigenvalue weighted by molar-refractivity contribution is 6.36. The number of rotatable bonds is 4. The Balaban J connectivity index is 1.91. The Labute approximate surface area is 175 Å². The molecule has 1 aromatic heterocycles. The highest BCUT2D eigenvalue weighted by Crippen LogP contribution is 2.33. The molecule has 0 saturated heterocycles. The van der Waals surface area contributed by atoms with Gasteiger partial charge in [0.05, 0.1) is 0 Å². The van der Waals surface area contributed by atoms with Crippen LogP contribution in [-0.4, -0.2) is 9.67 Å². The number of benzene rings is 2. The molecule has 5 heteroatoms.